The average molecular weight is 289 g/mol. The van der Waals surface area contributed by atoms with Crippen molar-refractivity contribution in [1.29, 1.82) is 0 Å². The van der Waals surface area contributed by atoms with Gasteiger partial charge in [0.2, 0.25) is 5.91 Å². The van der Waals surface area contributed by atoms with E-state index < -0.39 is 5.41 Å². The van der Waals surface area contributed by atoms with Crippen LogP contribution in [0.25, 0.3) is 0 Å². The molecule has 0 aliphatic rings. The molecule has 0 heterocycles. The number of primary amides is 1. The molecular weight excluding hydrogens is 271 g/mol. The summed E-state index contributed by atoms with van der Waals surface area (Å²) in [5.74, 6) is -0.323. The van der Waals surface area contributed by atoms with E-state index in [2.05, 4.69) is 5.32 Å². The Kier molecular flexibility index (Phi) is 5.02. The fourth-order valence-corrected chi connectivity index (χ4v) is 1.70. The van der Waals surface area contributed by atoms with Gasteiger partial charge in [0.05, 0.1) is 15.5 Å². The molecule has 0 aliphatic carbocycles. The van der Waals surface area contributed by atoms with Crippen LogP contribution in [-0.2, 0) is 4.79 Å². The Morgan fingerprint density at radius 3 is 2.50 bits per heavy atom. The highest BCUT2D eigenvalue weighted by Crippen LogP contribution is 2.26. The lowest BCUT2D eigenvalue weighted by atomic mass is 9.92. The summed E-state index contributed by atoms with van der Waals surface area (Å²) in [5, 5.41) is 4.32. The summed E-state index contributed by atoms with van der Waals surface area (Å²) in [4.78, 5) is 11.2. The van der Waals surface area contributed by atoms with E-state index in [4.69, 9.17) is 28.9 Å². The molecule has 1 unspecified atom stereocenters. The lowest BCUT2D eigenvalue weighted by Gasteiger charge is -2.24. The first kappa shape index (κ1) is 15.3. The highest BCUT2D eigenvalue weighted by molar-refractivity contribution is 6.42. The van der Waals surface area contributed by atoms with Gasteiger partial charge in [0.15, 0.2) is 0 Å². The van der Waals surface area contributed by atoms with Gasteiger partial charge < -0.3 is 11.1 Å². The molecule has 18 heavy (non-hydrogen) atoms. The van der Waals surface area contributed by atoms with Crippen molar-refractivity contribution in [2.75, 3.05) is 6.54 Å². The van der Waals surface area contributed by atoms with Crippen molar-refractivity contribution in [3.05, 3.63) is 33.8 Å². The minimum atomic E-state index is -0.579. The van der Waals surface area contributed by atoms with Gasteiger partial charge >= 0.3 is 0 Å². The van der Waals surface area contributed by atoms with Crippen molar-refractivity contribution in [3.63, 3.8) is 0 Å². The molecule has 0 saturated heterocycles. The third-order valence-corrected chi connectivity index (χ3v) is 3.70. The monoisotopic (exact) mass is 288 g/mol. The van der Waals surface area contributed by atoms with Gasteiger partial charge in [0.1, 0.15) is 0 Å². The number of amides is 1. The summed E-state index contributed by atoms with van der Waals surface area (Å²) in [7, 11) is 0. The number of hydrogen-bond acceptors (Lipinski definition) is 2. The third kappa shape index (κ3) is 3.87. The van der Waals surface area contributed by atoms with E-state index in [9.17, 15) is 4.79 Å². The second-order valence-corrected chi connectivity index (χ2v) is 5.84. The second kappa shape index (κ2) is 5.91. The summed E-state index contributed by atoms with van der Waals surface area (Å²) in [5.41, 5.74) is 5.76. The molecule has 3 nitrogen and oxygen atoms in total. The predicted molar refractivity (Wildman–Crippen MR) is 75.9 cm³/mol. The van der Waals surface area contributed by atoms with Crippen LogP contribution in [0.4, 0.5) is 0 Å². The molecule has 0 radical (unpaired) electrons. The maximum Gasteiger partial charge on any atom is 0.224 e. The number of rotatable bonds is 5. The zero-order valence-electron chi connectivity index (χ0n) is 10.8. The lowest BCUT2D eigenvalue weighted by Crippen LogP contribution is -2.41. The Bertz CT molecular complexity index is 447. The maximum absolute atomic E-state index is 11.2. The van der Waals surface area contributed by atoms with Crippen molar-refractivity contribution < 1.29 is 4.79 Å². The fourth-order valence-electron chi connectivity index (χ4n) is 1.39. The average Bonchev–Trinajstić information content (AvgIpc) is 2.29. The first-order valence-electron chi connectivity index (χ1n) is 5.72. The van der Waals surface area contributed by atoms with E-state index in [0.717, 1.165) is 5.56 Å². The number of nitrogens with one attached hydrogen (secondary N) is 1. The fraction of sp³-hybridized carbons (Fsp3) is 0.462. The smallest absolute Gasteiger partial charge is 0.224 e. The van der Waals surface area contributed by atoms with Gasteiger partial charge in [0.25, 0.3) is 0 Å². The first-order valence-corrected chi connectivity index (χ1v) is 6.48. The molecule has 1 atom stereocenters. The number of carbonyl (C=O) groups excluding carboxylic acids is 1. The van der Waals surface area contributed by atoms with Gasteiger partial charge in [-0.3, -0.25) is 4.79 Å². The van der Waals surface area contributed by atoms with Crippen LogP contribution in [0, 0.1) is 5.41 Å². The van der Waals surface area contributed by atoms with E-state index in [1.165, 1.54) is 0 Å². The Balaban J connectivity index is 2.68. The predicted octanol–water partition coefficient (Wildman–Crippen LogP) is 3.16. The molecular formula is C13H18Cl2N2O. The molecule has 5 heteroatoms. The minimum absolute atomic E-state index is 0.0680. The van der Waals surface area contributed by atoms with Gasteiger partial charge in [-0.2, -0.15) is 0 Å². The zero-order chi connectivity index (χ0) is 13.9. The second-order valence-electron chi connectivity index (χ2n) is 5.02. The Labute approximate surface area is 118 Å². The lowest BCUT2D eigenvalue weighted by molar-refractivity contribution is -0.125. The highest BCUT2D eigenvalue weighted by Gasteiger charge is 2.25. The van der Waals surface area contributed by atoms with Crippen molar-refractivity contribution in [2.45, 2.75) is 26.8 Å². The van der Waals surface area contributed by atoms with Gasteiger partial charge in [-0.15, -0.1) is 0 Å². The van der Waals surface area contributed by atoms with E-state index in [1.54, 1.807) is 6.07 Å². The van der Waals surface area contributed by atoms with E-state index in [1.807, 2.05) is 32.9 Å². The Morgan fingerprint density at radius 1 is 1.39 bits per heavy atom. The zero-order valence-corrected chi connectivity index (χ0v) is 12.3. The summed E-state index contributed by atoms with van der Waals surface area (Å²) in [6, 6.07) is 5.55. The van der Waals surface area contributed by atoms with Crippen molar-refractivity contribution in [3.8, 4) is 0 Å². The third-order valence-electron chi connectivity index (χ3n) is 2.96. The van der Waals surface area contributed by atoms with E-state index in [0.29, 0.717) is 16.6 Å². The summed E-state index contributed by atoms with van der Waals surface area (Å²) in [6.45, 7) is 6.12. The van der Waals surface area contributed by atoms with Crippen molar-refractivity contribution >= 4 is 29.1 Å². The van der Waals surface area contributed by atoms with E-state index >= 15 is 0 Å². The van der Waals surface area contributed by atoms with Crippen LogP contribution in [0.3, 0.4) is 0 Å². The van der Waals surface area contributed by atoms with Crippen LogP contribution in [-0.4, -0.2) is 12.5 Å². The molecule has 0 aromatic heterocycles. The number of halogens is 2. The minimum Gasteiger partial charge on any atom is -0.369 e. The first-order chi connectivity index (χ1) is 8.24. The van der Waals surface area contributed by atoms with Gasteiger partial charge in [-0.25, -0.2) is 0 Å². The molecule has 0 bridgehead atoms. The summed E-state index contributed by atoms with van der Waals surface area (Å²) in [6.07, 6.45) is 0. The van der Waals surface area contributed by atoms with Gasteiger partial charge in [-0.1, -0.05) is 29.3 Å². The quantitative estimate of drug-likeness (QED) is 0.874. The van der Waals surface area contributed by atoms with Crippen LogP contribution in [0.15, 0.2) is 18.2 Å². The largest absolute Gasteiger partial charge is 0.369 e. The summed E-state index contributed by atoms with van der Waals surface area (Å²) >= 11 is 11.8. The normalized spacial score (nSPS) is 13.4. The maximum atomic E-state index is 11.2. The molecule has 0 saturated carbocycles. The number of hydrogen-bond donors (Lipinski definition) is 2. The number of nitrogens with two attached hydrogens (primary N) is 1. The molecule has 0 aliphatic heterocycles. The van der Waals surface area contributed by atoms with Crippen LogP contribution in [0.2, 0.25) is 10.0 Å². The van der Waals surface area contributed by atoms with Crippen LogP contribution >= 0.6 is 23.2 Å². The highest BCUT2D eigenvalue weighted by atomic mass is 35.5. The SMILES string of the molecule is CC(NCC(C)(C)C(N)=O)c1ccc(Cl)c(Cl)c1. The topological polar surface area (TPSA) is 55.1 Å². The van der Waals surface area contributed by atoms with Gasteiger partial charge in [-0.05, 0) is 38.5 Å². The van der Waals surface area contributed by atoms with E-state index in [-0.39, 0.29) is 11.9 Å². The van der Waals surface area contributed by atoms with Crippen molar-refractivity contribution in [1.82, 2.24) is 5.32 Å². The summed E-state index contributed by atoms with van der Waals surface area (Å²) < 4.78 is 0. The van der Waals surface area contributed by atoms with Crippen LogP contribution in [0.5, 0.6) is 0 Å². The Morgan fingerprint density at radius 2 is 2.00 bits per heavy atom. The van der Waals surface area contributed by atoms with Gasteiger partial charge in [0, 0.05) is 12.6 Å². The molecule has 3 N–H and O–H groups in total. The molecule has 1 rings (SSSR count). The van der Waals surface area contributed by atoms with Crippen LogP contribution in [0.1, 0.15) is 32.4 Å². The molecule has 1 aromatic rings. The Hall–Kier alpha value is -0.770. The molecule has 1 amide bonds. The number of benzene rings is 1. The molecule has 0 fully saturated rings. The molecule has 0 spiro atoms. The van der Waals surface area contributed by atoms with Crippen molar-refractivity contribution in [2.24, 2.45) is 11.1 Å². The molecule has 100 valence electrons. The molecule has 1 aromatic carbocycles. The standard InChI is InChI=1S/C13H18Cl2N2O/c1-8(17-7-13(2,3)12(16)18)9-4-5-10(14)11(15)6-9/h4-6,8,17H,7H2,1-3H3,(H2,16,18). The number of carbonyl (C=O) groups is 1. The van der Waals surface area contributed by atoms with Crippen LogP contribution < -0.4 is 11.1 Å².